The number of nitrogens with zero attached hydrogens (tertiary/aromatic N) is 2. The molecule has 1 heterocycles. The van der Waals surface area contributed by atoms with Gasteiger partial charge in [-0.25, -0.2) is 0 Å². The van der Waals surface area contributed by atoms with Gasteiger partial charge in [-0.2, -0.15) is 18.3 Å². The molecule has 1 saturated carbocycles. The number of alkyl halides is 3. The summed E-state index contributed by atoms with van der Waals surface area (Å²) in [5.74, 6) is -0.302. The topological polar surface area (TPSA) is 62.7 Å². The number of benzene rings is 1. The first-order valence-corrected chi connectivity index (χ1v) is 8.24. The largest absolute Gasteiger partial charge is 0.416 e. The number of halogens is 3. The Bertz CT molecular complexity index is 842. The van der Waals surface area contributed by atoms with Crippen molar-refractivity contribution >= 4 is 18.1 Å². The summed E-state index contributed by atoms with van der Waals surface area (Å²) in [7, 11) is 1.77. The van der Waals surface area contributed by atoms with Gasteiger partial charge in [0.2, 0.25) is 5.91 Å². The maximum absolute atomic E-state index is 13.1. The second-order valence-electron chi connectivity index (χ2n) is 6.08. The van der Waals surface area contributed by atoms with Crippen molar-refractivity contribution in [1.82, 2.24) is 20.1 Å². The van der Waals surface area contributed by atoms with E-state index in [0.717, 1.165) is 6.07 Å². The van der Waals surface area contributed by atoms with E-state index in [1.165, 1.54) is 12.1 Å². The highest BCUT2D eigenvalue weighted by Gasteiger charge is 2.47. The van der Waals surface area contributed by atoms with Gasteiger partial charge in [0.1, 0.15) is 5.82 Å². The maximum atomic E-state index is 13.1. The molecule has 0 aliphatic heterocycles. The lowest BCUT2D eigenvalue weighted by Crippen LogP contribution is -2.28. The van der Waals surface area contributed by atoms with Crippen LogP contribution in [0, 0.1) is 10.7 Å². The van der Waals surface area contributed by atoms with Crippen LogP contribution < -0.4 is 5.32 Å². The number of hydrogen-bond donors (Lipinski definition) is 2. The van der Waals surface area contributed by atoms with Gasteiger partial charge in [0.25, 0.3) is 0 Å². The number of nitrogens with one attached hydrogen (secondary N) is 2. The molecule has 0 radical (unpaired) electrons. The van der Waals surface area contributed by atoms with E-state index in [9.17, 15) is 18.0 Å². The fraction of sp³-hybridized carbons (Fsp3) is 0.438. The molecular formula is C16H17F3N4OS. The first-order chi connectivity index (χ1) is 11.8. The summed E-state index contributed by atoms with van der Waals surface area (Å²) in [6.07, 6.45) is -3.48. The predicted molar refractivity (Wildman–Crippen MR) is 87.4 cm³/mol. The molecule has 0 saturated heterocycles. The third kappa shape index (κ3) is 3.76. The van der Waals surface area contributed by atoms with Crippen molar-refractivity contribution in [2.45, 2.75) is 24.9 Å². The molecule has 134 valence electrons. The molecule has 3 rings (SSSR count). The quantitative estimate of drug-likeness (QED) is 0.796. The Balaban J connectivity index is 1.58. The average Bonchev–Trinajstić information content (AvgIpc) is 3.30. The molecule has 25 heavy (non-hydrogen) atoms. The van der Waals surface area contributed by atoms with Crippen molar-refractivity contribution in [2.75, 3.05) is 6.54 Å². The van der Waals surface area contributed by atoms with Crippen LogP contribution in [-0.2, 0) is 24.4 Å². The molecule has 1 aliphatic carbocycles. The molecule has 0 bridgehead atoms. The van der Waals surface area contributed by atoms with Crippen LogP contribution in [0.15, 0.2) is 24.3 Å². The third-order valence-corrected chi connectivity index (χ3v) is 4.78. The third-order valence-electron chi connectivity index (χ3n) is 4.41. The highest BCUT2D eigenvalue weighted by atomic mass is 32.1. The molecule has 0 unspecified atom stereocenters. The van der Waals surface area contributed by atoms with Crippen LogP contribution in [0.1, 0.15) is 29.3 Å². The van der Waals surface area contributed by atoms with E-state index < -0.39 is 17.7 Å². The Morgan fingerprint density at radius 1 is 1.44 bits per heavy atom. The van der Waals surface area contributed by atoms with Crippen LogP contribution in [0.2, 0.25) is 0 Å². The summed E-state index contributed by atoms with van der Waals surface area (Å²) in [6.45, 7) is 0.358. The minimum atomic E-state index is -4.41. The second kappa shape index (κ2) is 6.62. The number of H-pyrrole nitrogens is 1. The first-order valence-electron chi connectivity index (χ1n) is 7.83. The molecule has 1 amide bonds. The number of rotatable bonds is 5. The van der Waals surface area contributed by atoms with Crippen LogP contribution in [-0.4, -0.2) is 27.2 Å². The average molecular weight is 370 g/mol. The number of carbonyl (C=O) groups is 1. The molecule has 2 atom stereocenters. The molecule has 1 aliphatic rings. The molecule has 9 heteroatoms. The van der Waals surface area contributed by atoms with Gasteiger partial charge >= 0.3 is 6.18 Å². The summed E-state index contributed by atoms with van der Waals surface area (Å²) in [5.41, 5.74) is -0.457. The SMILES string of the molecule is Cn1c(CCNC(=O)[C@@H]2C[C@@H]2c2ccccc2C(F)(F)F)n[nH]c1=S. The van der Waals surface area contributed by atoms with E-state index in [1.54, 1.807) is 17.7 Å². The van der Waals surface area contributed by atoms with Crippen molar-refractivity contribution in [3.63, 3.8) is 0 Å². The van der Waals surface area contributed by atoms with E-state index in [4.69, 9.17) is 12.2 Å². The van der Waals surface area contributed by atoms with Crippen molar-refractivity contribution in [2.24, 2.45) is 13.0 Å². The molecular weight excluding hydrogens is 353 g/mol. The van der Waals surface area contributed by atoms with Crippen molar-refractivity contribution < 1.29 is 18.0 Å². The Kier molecular flexibility index (Phi) is 4.68. The van der Waals surface area contributed by atoms with Gasteiger partial charge in [-0.15, -0.1) is 0 Å². The Morgan fingerprint density at radius 3 is 2.80 bits per heavy atom. The van der Waals surface area contributed by atoms with Gasteiger partial charge in [-0.3, -0.25) is 9.89 Å². The highest BCUT2D eigenvalue weighted by Crippen LogP contribution is 2.50. The highest BCUT2D eigenvalue weighted by molar-refractivity contribution is 7.71. The van der Waals surface area contributed by atoms with E-state index >= 15 is 0 Å². The summed E-state index contributed by atoms with van der Waals surface area (Å²) in [5, 5.41) is 9.46. The normalized spacial score (nSPS) is 19.7. The van der Waals surface area contributed by atoms with Crippen molar-refractivity contribution in [3.8, 4) is 0 Å². The zero-order valence-electron chi connectivity index (χ0n) is 13.4. The summed E-state index contributed by atoms with van der Waals surface area (Å²) in [6, 6.07) is 5.45. The van der Waals surface area contributed by atoms with Gasteiger partial charge in [0.15, 0.2) is 4.77 Å². The Morgan fingerprint density at radius 2 is 2.16 bits per heavy atom. The zero-order chi connectivity index (χ0) is 18.2. The van der Waals surface area contributed by atoms with Crippen LogP contribution in [0.25, 0.3) is 0 Å². The van der Waals surface area contributed by atoms with Crippen LogP contribution in [0.3, 0.4) is 0 Å². The number of carbonyl (C=O) groups excluding carboxylic acids is 1. The number of hydrogen-bond acceptors (Lipinski definition) is 3. The Labute approximate surface area is 147 Å². The van der Waals surface area contributed by atoms with Crippen molar-refractivity contribution in [3.05, 3.63) is 46.0 Å². The van der Waals surface area contributed by atoms with Gasteiger partial charge in [0.05, 0.1) is 5.56 Å². The summed E-state index contributed by atoms with van der Waals surface area (Å²) in [4.78, 5) is 12.2. The molecule has 1 fully saturated rings. The fourth-order valence-electron chi connectivity index (χ4n) is 2.94. The molecule has 1 aromatic heterocycles. The monoisotopic (exact) mass is 370 g/mol. The van der Waals surface area contributed by atoms with Gasteiger partial charge in [0, 0.05) is 25.9 Å². The zero-order valence-corrected chi connectivity index (χ0v) is 14.2. The maximum Gasteiger partial charge on any atom is 0.416 e. The van der Waals surface area contributed by atoms with Crippen molar-refractivity contribution in [1.29, 1.82) is 0 Å². The van der Waals surface area contributed by atoms with E-state index in [-0.39, 0.29) is 17.4 Å². The summed E-state index contributed by atoms with van der Waals surface area (Å²) >= 11 is 5.01. The smallest absolute Gasteiger partial charge is 0.355 e. The van der Waals surface area contributed by atoms with Crippen LogP contribution >= 0.6 is 12.2 Å². The number of aromatic amines is 1. The molecule has 0 spiro atoms. The number of aromatic nitrogens is 3. The minimum absolute atomic E-state index is 0.199. The lowest BCUT2D eigenvalue weighted by Gasteiger charge is -2.12. The van der Waals surface area contributed by atoms with E-state index in [2.05, 4.69) is 15.5 Å². The van der Waals surface area contributed by atoms with E-state index in [0.29, 0.717) is 30.0 Å². The van der Waals surface area contributed by atoms with Gasteiger partial charge in [-0.1, -0.05) is 18.2 Å². The van der Waals surface area contributed by atoms with Gasteiger partial charge < -0.3 is 9.88 Å². The van der Waals surface area contributed by atoms with E-state index in [1.807, 2.05) is 0 Å². The molecule has 2 N–H and O–H groups in total. The Hall–Kier alpha value is -2.16. The summed E-state index contributed by atoms with van der Waals surface area (Å²) < 4.78 is 41.4. The number of amides is 1. The predicted octanol–water partition coefficient (Wildman–Crippen LogP) is 2.96. The molecule has 1 aromatic carbocycles. The van der Waals surface area contributed by atoms with Crippen LogP contribution in [0.4, 0.5) is 13.2 Å². The minimum Gasteiger partial charge on any atom is -0.355 e. The lowest BCUT2D eigenvalue weighted by molar-refractivity contribution is -0.138. The first kappa shape index (κ1) is 17.7. The standard InChI is InChI=1S/C16H17F3N4OS/c1-23-13(21-22-15(23)25)6-7-20-14(24)11-8-10(11)9-4-2-3-5-12(9)16(17,18)19/h2-5,10-11H,6-8H2,1H3,(H,20,24)(H,22,25)/t10-,11-/m1/s1. The fourth-order valence-corrected chi connectivity index (χ4v) is 3.09. The molecule has 2 aromatic rings. The van der Waals surface area contributed by atoms with Crippen LogP contribution in [0.5, 0.6) is 0 Å². The lowest BCUT2D eigenvalue weighted by atomic mass is 10.0. The molecule has 5 nitrogen and oxygen atoms in total. The second-order valence-corrected chi connectivity index (χ2v) is 6.47. The van der Waals surface area contributed by atoms with Gasteiger partial charge in [-0.05, 0) is 36.2 Å².